The van der Waals surface area contributed by atoms with Gasteiger partial charge in [-0.15, -0.1) is 0 Å². The summed E-state index contributed by atoms with van der Waals surface area (Å²) in [5.41, 5.74) is 0. The standard InChI is InChI=1S/C10H20N2O3/c1-3-5-7-11(8-6-4-2)10(13)9-12(14)15/h3-9H2,1-2H3. The van der Waals surface area contributed by atoms with E-state index in [1.165, 1.54) is 0 Å². The van der Waals surface area contributed by atoms with Crippen molar-refractivity contribution < 1.29 is 9.72 Å². The smallest absolute Gasteiger partial charge is 0.294 e. The summed E-state index contributed by atoms with van der Waals surface area (Å²) < 4.78 is 0. The van der Waals surface area contributed by atoms with Gasteiger partial charge in [0.1, 0.15) is 0 Å². The molecule has 0 fully saturated rings. The molecule has 0 heterocycles. The average Bonchev–Trinajstić information content (AvgIpc) is 2.17. The molecule has 5 nitrogen and oxygen atoms in total. The molecule has 0 aliphatic carbocycles. The van der Waals surface area contributed by atoms with Crippen LogP contribution in [0.2, 0.25) is 0 Å². The van der Waals surface area contributed by atoms with Gasteiger partial charge in [-0.3, -0.25) is 14.9 Å². The van der Waals surface area contributed by atoms with Gasteiger partial charge >= 0.3 is 0 Å². The summed E-state index contributed by atoms with van der Waals surface area (Å²) in [6.45, 7) is 4.78. The molecule has 0 unspecified atom stereocenters. The summed E-state index contributed by atoms with van der Waals surface area (Å²) in [5.74, 6) is -0.359. The maximum atomic E-state index is 11.4. The number of carbonyl (C=O) groups excluding carboxylic acids is 1. The van der Waals surface area contributed by atoms with Crippen LogP contribution >= 0.6 is 0 Å². The maximum Gasteiger partial charge on any atom is 0.294 e. The van der Waals surface area contributed by atoms with Crippen molar-refractivity contribution in [2.24, 2.45) is 0 Å². The first-order chi connectivity index (χ1) is 7.11. The Hall–Kier alpha value is -1.13. The quantitative estimate of drug-likeness (QED) is 0.458. The van der Waals surface area contributed by atoms with Crippen LogP contribution in [0.5, 0.6) is 0 Å². The molecule has 0 aromatic rings. The van der Waals surface area contributed by atoms with Crippen molar-refractivity contribution in [2.45, 2.75) is 39.5 Å². The molecular weight excluding hydrogens is 196 g/mol. The van der Waals surface area contributed by atoms with Crippen LogP contribution in [0, 0.1) is 10.1 Å². The summed E-state index contributed by atoms with van der Waals surface area (Å²) in [7, 11) is 0. The molecule has 0 aromatic heterocycles. The van der Waals surface area contributed by atoms with Crippen molar-refractivity contribution in [3.63, 3.8) is 0 Å². The highest BCUT2D eigenvalue weighted by atomic mass is 16.6. The maximum absolute atomic E-state index is 11.4. The predicted octanol–water partition coefficient (Wildman–Crippen LogP) is 1.69. The molecule has 0 aliphatic heterocycles. The minimum atomic E-state index is -0.576. The van der Waals surface area contributed by atoms with E-state index in [4.69, 9.17) is 0 Å². The van der Waals surface area contributed by atoms with E-state index in [-0.39, 0.29) is 5.91 Å². The van der Waals surface area contributed by atoms with Gasteiger partial charge in [0.2, 0.25) is 0 Å². The fourth-order valence-electron chi connectivity index (χ4n) is 1.27. The number of amides is 1. The van der Waals surface area contributed by atoms with Gasteiger partial charge in [-0.2, -0.15) is 0 Å². The van der Waals surface area contributed by atoms with Gasteiger partial charge in [-0.1, -0.05) is 26.7 Å². The lowest BCUT2D eigenvalue weighted by Gasteiger charge is -2.20. The third-order valence-corrected chi connectivity index (χ3v) is 2.18. The molecule has 0 bridgehead atoms. The van der Waals surface area contributed by atoms with E-state index in [0.717, 1.165) is 25.7 Å². The summed E-state index contributed by atoms with van der Waals surface area (Å²) in [5, 5.41) is 10.2. The van der Waals surface area contributed by atoms with Gasteiger partial charge in [0.25, 0.3) is 12.5 Å². The van der Waals surface area contributed by atoms with E-state index in [0.29, 0.717) is 13.1 Å². The molecule has 15 heavy (non-hydrogen) atoms. The number of hydrogen-bond donors (Lipinski definition) is 0. The lowest BCUT2D eigenvalue weighted by atomic mass is 10.2. The zero-order chi connectivity index (χ0) is 11.7. The Bertz CT molecular complexity index is 199. The third-order valence-electron chi connectivity index (χ3n) is 2.18. The molecule has 0 aliphatic rings. The molecular formula is C10H20N2O3. The fourth-order valence-corrected chi connectivity index (χ4v) is 1.27. The highest BCUT2D eigenvalue weighted by molar-refractivity contribution is 5.77. The van der Waals surface area contributed by atoms with E-state index in [1.807, 2.05) is 13.8 Å². The van der Waals surface area contributed by atoms with Crippen molar-refractivity contribution in [3.05, 3.63) is 10.1 Å². The third kappa shape index (κ3) is 6.88. The van der Waals surface area contributed by atoms with Crippen LogP contribution in [-0.2, 0) is 4.79 Å². The Morgan fingerprint density at radius 3 is 2.00 bits per heavy atom. The van der Waals surface area contributed by atoms with Crippen molar-refractivity contribution in [1.29, 1.82) is 0 Å². The first-order valence-electron chi connectivity index (χ1n) is 5.51. The molecule has 0 rings (SSSR count). The van der Waals surface area contributed by atoms with Gasteiger partial charge in [0.15, 0.2) is 0 Å². The minimum Gasteiger partial charge on any atom is -0.337 e. The highest BCUT2D eigenvalue weighted by Gasteiger charge is 2.17. The monoisotopic (exact) mass is 216 g/mol. The zero-order valence-corrected chi connectivity index (χ0v) is 9.57. The summed E-state index contributed by atoms with van der Waals surface area (Å²) in [6, 6.07) is 0. The number of hydrogen-bond acceptors (Lipinski definition) is 3. The number of nitro groups is 1. The van der Waals surface area contributed by atoms with Gasteiger partial charge in [0, 0.05) is 18.0 Å². The summed E-state index contributed by atoms with van der Waals surface area (Å²) in [6.07, 6.45) is 3.81. The molecule has 5 heteroatoms. The first-order valence-corrected chi connectivity index (χ1v) is 5.51. The van der Waals surface area contributed by atoms with E-state index >= 15 is 0 Å². The molecule has 0 atom stereocenters. The zero-order valence-electron chi connectivity index (χ0n) is 9.57. The second-order valence-corrected chi connectivity index (χ2v) is 3.58. The van der Waals surface area contributed by atoms with Gasteiger partial charge in [-0.05, 0) is 12.8 Å². The van der Waals surface area contributed by atoms with Crippen LogP contribution in [0.1, 0.15) is 39.5 Å². The minimum absolute atomic E-state index is 0.359. The van der Waals surface area contributed by atoms with E-state index < -0.39 is 11.5 Å². The first kappa shape index (κ1) is 13.9. The summed E-state index contributed by atoms with van der Waals surface area (Å²) in [4.78, 5) is 22.7. The van der Waals surface area contributed by atoms with Crippen LogP contribution in [0.25, 0.3) is 0 Å². The largest absolute Gasteiger partial charge is 0.337 e. The molecule has 88 valence electrons. The Kier molecular flexibility index (Phi) is 7.58. The lowest BCUT2D eigenvalue weighted by Crippen LogP contribution is -2.37. The van der Waals surface area contributed by atoms with E-state index in [1.54, 1.807) is 4.90 Å². The molecule has 0 spiro atoms. The van der Waals surface area contributed by atoms with Gasteiger partial charge in [-0.25, -0.2) is 0 Å². The second kappa shape index (κ2) is 8.20. The number of unbranched alkanes of at least 4 members (excludes halogenated alkanes) is 2. The molecule has 0 aromatic carbocycles. The van der Waals surface area contributed by atoms with E-state index in [2.05, 4.69) is 0 Å². The average molecular weight is 216 g/mol. The van der Waals surface area contributed by atoms with Gasteiger partial charge in [0.05, 0.1) is 0 Å². The SMILES string of the molecule is CCCCN(CCCC)C(=O)C[N+](=O)[O-]. The lowest BCUT2D eigenvalue weighted by molar-refractivity contribution is -0.468. The number of rotatable bonds is 8. The fraction of sp³-hybridized carbons (Fsp3) is 0.900. The second-order valence-electron chi connectivity index (χ2n) is 3.58. The Balaban J connectivity index is 4.07. The van der Waals surface area contributed by atoms with Crippen molar-refractivity contribution >= 4 is 5.91 Å². The van der Waals surface area contributed by atoms with E-state index in [9.17, 15) is 14.9 Å². The van der Waals surface area contributed by atoms with Crippen molar-refractivity contribution in [2.75, 3.05) is 19.6 Å². The van der Waals surface area contributed by atoms with Gasteiger partial charge < -0.3 is 4.90 Å². The molecule has 0 radical (unpaired) electrons. The van der Waals surface area contributed by atoms with Crippen LogP contribution < -0.4 is 0 Å². The topological polar surface area (TPSA) is 63.5 Å². The molecule has 0 saturated carbocycles. The Morgan fingerprint density at radius 1 is 1.20 bits per heavy atom. The normalized spacial score (nSPS) is 10.0. The molecule has 1 amide bonds. The van der Waals surface area contributed by atoms with Crippen molar-refractivity contribution in [1.82, 2.24) is 4.90 Å². The van der Waals surface area contributed by atoms with Crippen LogP contribution in [0.4, 0.5) is 0 Å². The Labute approximate surface area is 90.6 Å². The number of carbonyl (C=O) groups is 1. The molecule has 0 saturated heterocycles. The summed E-state index contributed by atoms with van der Waals surface area (Å²) >= 11 is 0. The Morgan fingerprint density at radius 2 is 1.67 bits per heavy atom. The molecule has 0 N–H and O–H groups in total. The highest BCUT2D eigenvalue weighted by Crippen LogP contribution is 2.00. The van der Waals surface area contributed by atoms with Crippen LogP contribution in [0.15, 0.2) is 0 Å². The van der Waals surface area contributed by atoms with Crippen molar-refractivity contribution in [3.8, 4) is 0 Å². The van der Waals surface area contributed by atoms with Crippen LogP contribution in [0.3, 0.4) is 0 Å². The predicted molar refractivity (Wildman–Crippen MR) is 58.3 cm³/mol. The van der Waals surface area contributed by atoms with Crippen LogP contribution in [-0.4, -0.2) is 35.4 Å². The number of nitrogens with zero attached hydrogens (tertiary/aromatic N) is 2.